The minimum absolute atomic E-state index is 0.0129. The topological polar surface area (TPSA) is 84.5 Å². The van der Waals surface area contributed by atoms with E-state index < -0.39 is 42.7 Å². The third kappa shape index (κ3) is 6.39. The third-order valence-corrected chi connectivity index (χ3v) is 2.62. The Morgan fingerprint density at radius 3 is 2.29 bits per heavy atom. The normalized spacial score (nSPS) is 10.4. The zero-order chi connectivity index (χ0) is 18.2. The van der Waals surface area contributed by atoms with Gasteiger partial charge in [0.05, 0.1) is 12.1 Å². The minimum atomic E-state index is -4.50. The highest BCUT2D eigenvalue weighted by Crippen LogP contribution is 2.28. The highest BCUT2D eigenvalue weighted by Gasteiger charge is 2.30. The van der Waals surface area contributed by atoms with Crippen molar-refractivity contribution in [2.45, 2.75) is 6.18 Å². The Balaban J connectivity index is 2.42. The van der Waals surface area contributed by atoms with Gasteiger partial charge in [-0.05, 0) is 24.3 Å². The number of rotatable bonds is 6. The molecule has 0 fully saturated rings. The number of ether oxygens (including phenoxy) is 1. The van der Waals surface area contributed by atoms with Crippen LogP contribution >= 0.6 is 0 Å². The summed E-state index contributed by atoms with van der Waals surface area (Å²) in [7, 11) is 0. The molecule has 0 bridgehead atoms. The second kappa shape index (κ2) is 8.57. The molecule has 1 aromatic carbocycles. The van der Waals surface area contributed by atoms with E-state index in [4.69, 9.17) is 6.42 Å². The average Bonchev–Trinajstić information content (AvgIpc) is 2.55. The van der Waals surface area contributed by atoms with Gasteiger partial charge in [0.15, 0.2) is 6.61 Å². The van der Waals surface area contributed by atoms with Crippen molar-refractivity contribution >= 4 is 17.8 Å². The van der Waals surface area contributed by atoms with E-state index in [1.54, 1.807) is 0 Å². The molecule has 0 spiro atoms. The van der Waals surface area contributed by atoms with Crippen molar-refractivity contribution < 1.29 is 32.3 Å². The summed E-state index contributed by atoms with van der Waals surface area (Å²) in [6, 6.07) is 3.47. The molecule has 128 valence electrons. The summed E-state index contributed by atoms with van der Waals surface area (Å²) >= 11 is 0. The molecule has 0 radical (unpaired) electrons. The second-order valence-corrected chi connectivity index (χ2v) is 4.40. The number of amides is 2. The molecular formula is C15H13F3N2O4. The number of carbonyl (C=O) groups is 3. The molecule has 0 aliphatic rings. The fraction of sp³-hybridized carbons (Fsp3) is 0.267. The summed E-state index contributed by atoms with van der Waals surface area (Å²) in [5.41, 5.74) is -0.945. The Morgan fingerprint density at radius 1 is 1.12 bits per heavy atom. The van der Waals surface area contributed by atoms with Crippen LogP contribution in [0.5, 0.6) is 0 Å². The number of hydrogen-bond acceptors (Lipinski definition) is 4. The number of alkyl halides is 3. The number of hydrogen-bond donors (Lipinski definition) is 2. The van der Waals surface area contributed by atoms with E-state index in [2.05, 4.69) is 21.3 Å². The second-order valence-electron chi connectivity index (χ2n) is 4.40. The molecule has 6 nitrogen and oxygen atoms in total. The fourth-order valence-corrected chi connectivity index (χ4v) is 1.46. The predicted molar refractivity (Wildman–Crippen MR) is 76.6 cm³/mol. The smallest absolute Gasteiger partial charge is 0.416 e. The van der Waals surface area contributed by atoms with Gasteiger partial charge < -0.3 is 15.4 Å². The van der Waals surface area contributed by atoms with Crippen molar-refractivity contribution in [2.24, 2.45) is 0 Å². The van der Waals surface area contributed by atoms with Crippen LogP contribution in [0.15, 0.2) is 24.3 Å². The molecule has 0 aliphatic carbocycles. The van der Waals surface area contributed by atoms with E-state index in [0.29, 0.717) is 0 Å². The van der Waals surface area contributed by atoms with Crippen LogP contribution in [-0.4, -0.2) is 37.5 Å². The zero-order valence-electron chi connectivity index (χ0n) is 12.3. The van der Waals surface area contributed by atoms with Crippen molar-refractivity contribution in [3.63, 3.8) is 0 Å². The first-order chi connectivity index (χ1) is 11.2. The Hall–Kier alpha value is -3.02. The highest BCUT2D eigenvalue weighted by molar-refractivity contribution is 5.96. The SMILES string of the molecule is C#CCNC(=O)COC(=O)CNC(=O)c1ccc(C(F)(F)F)cc1. The largest absolute Gasteiger partial charge is 0.454 e. The highest BCUT2D eigenvalue weighted by atomic mass is 19.4. The van der Waals surface area contributed by atoms with Crippen LogP contribution in [0.3, 0.4) is 0 Å². The molecule has 2 N–H and O–H groups in total. The van der Waals surface area contributed by atoms with Gasteiger partial charge in [0.1, 0.15) is 6.54 Å². The van der Waals surface area contributed by atoms with Crippen LogP contribution in [0.2, 0.25) is 0 Å². The lowest BCUT2D eigenvalue weighted by Gasteiger charge is -2.08. The van der Waals surface area contributed by atoms with Gasteiger partial charge in [-0.25, -0.2) is 0 Å². The standard InChI is InChI=1S/C15H13F3N2O4/c1-2-7-19-12(21)9-24-13(22)8-20-14(23)10-3-5-11(6-4-10)15(16,17)18/h1,3-6H,7-9H2,(H,19,21)(H,20,23). The number of benzene rings is 1. The average molecular weight is 342 g/mol. The van der Waals surface area contributed by atoms with Crippen LogP contribution in [-0.2, 0) is 20.5 Å². The van der Waals surface area contributed by atoms with Crippen LogP contribution in [0.25, 0.3) is 0 Å². The van der Waals surface area contributed by atoms with Gasteiger partial charge >= 0.3 is 12.1 Å². The minimum Gasteiger partial charge on any atom is -0.454 e. The molecule has 0 aliphatic heterocycles. The molecule has 2 amide bonds. The monoisotopic (exact) mass is 342 g/mol. The number of halogens is 3. The van der Waals surface area contributed by atoms with E-state index in [0.717, 1.165) is 24.3 Å². The molecule has 1 aromatic rings. The lowest BCUT2D eigenvalue weighted by Crippen LogP contribution is -2.34. The molecule has 24 heavy (non-hydrogen) atoms. The Bertz CT molecular complexity index is 648. The summed E-state index contributed by atoms with van der Waals surface area (Å²) in [5.74, 6) is -0.0792. The number of esters is 1. The maximum Gasteiger partial charge on any atom is 0.416 e. The molecular weight excluding hydrogens is 329 g/mol. The van der Waals surface area contributed by atoms with Crippen molar-refractivity contribution in [2.75, 3.05) is 19.7 Å². The van der Waals surface area contributed by atoms with Gasteiger partial charge in [0, 0.05) is 5.56 Å². The zero-order valence-corrected chi connectivity index (χ0v) is 12.3. The van der Waals surface area contributed by atoms with Gasteiger partial charge in [0.25, 0.3) is 11.8 Å². The molecule has 0 heterocycles. The Labute approximate surface area is 135 Å². The van der Waals surface area contributed by atoms with E-state index in [1.807, 2.05) is 0 Å². The number of terminal acetylenes is 1. The first kappa shape index (κ1) is 19.0. The van der Waals surface area contributed by atoms with Crippen molar-refractivity contribution in [1.82, 2.24) is 10.6 Å². The quantitative estimate of drug-likeness (QED) is 0.590. The molecule has 0 unspecified atom stereocenters. The third-order valence-electron chi connectivity index (χ3n) is 2.62. The van der Waals surface area contributed by atoms with Crippen molar-refractivity contribution in [1.29, 1.82) is 0 Å². The fourth-order valence-electron chi connectivity index (χ4n) is 1.46. The Morgan fingerprint density at radius 2 is 1.75 bits per heavy atom. The molecule has 0 aromatic heterocycles. The molecule has 0 saturated heterocycles. The maximum absolute atomic E-state index is 12.4. The van der Waals surface area contributed by atoms with Gasteiger partial charge in [-0.15, -0.1) is 6.42 Å². The first-order valence-electron chi connectivity index (χ1n) is 6.55. The van der Waals surface area contributed by atoms with Gasteiger partial charge in [-0.2, -0.15) is 13.2 Å². The van der Waals surface area contributed by atoms with Gasteiger partial charge in [-0.1, -0.05) is 5.92 Å². The lowest BCUT2D eigenvalue weighted by molar-refractivity contribution is -0.147. The van der Waals surface area contributed by atoms with Crippen LogP contribution in [0.4, 0.5) is 13.2 Å². The molecule has 0 atom stereocenters. The van der Waals surface area contributed by atoms with E-state index in [-0.39, 0.29) is 12.1 Å². The summed E-state index contributed by atoms with van der Waals surface area (Å²) < 4.78 is 41.8. The lowest BCUT2D eigenvalue weighted by atomic mass is 10.1. The maximum atomic E-state index is 12.4. The summed E-state index contributed by atoms with van der Waals surface area (Å²) in [5, 5.41) is 4.43. The Kier molecular flexibility index (Phi) is 6.79. The summed E-state index contributed by atoms with van der Waals surface area (Å²) in [6.07, 6.45) is 0.419. The van der Waals surface area contributed by atoms with Gasteiger partial charge in [0.2, 0.25) is 0 Å². The van der Waals surface area contributed by atoms with E-state index >= 15 is 0 Å². The molecule has 0 saturated carbocycles. The van der Waals surface area contributed by atoms with Crippen LogP contribution in [0.1, 0.15) is 15.9 Å². The van der Waals surface area contributed by atoms with Gasteiger partial charge in [-0.3, -0.25) is 14.4 Å². The predicted octanol–water partition coefficient (Wildman–Crippen LogP) is 0.728. The molecule has 1 rings (SSSR count). The summed E-state index contributed by atoms with van der Waals surface area (Å²) in [6.45, 7) is -1.11. The number of carbonyl (C=O) groups excluding carboxylic acids is 3. The van der Waals surface area contributed by atoms with Crippen molar-refractivity contribution in [3.8, 4) is 12.3 Å². The van der Waals surface area contributed by atoms with E-state index in [9.17, 15) is 27.6 Å². The van der Waals surface area contributed by atoms with Crippen LogP contribution < -0.4 is 10.6 Å². The van der Waals surface area contributed by atoms with Crippen LogP contribution in [0, 0.1) is 12.3 Å². The van der Waals surface area contributed by atoms with Crippen molar-refractivity contribution in [3.05, 3.63) is 35.4 Å². The summed E-state index contributed by atoms with van der Waals surface area (Å²) in [4.78, 5) is 34.1. The first-order valence-corrected chi connectivity index (χ1v) is 6.55. The number of nitrogens with one attached hydrogen (secondary N) is 2. The molecule has 9 heteroatoms. The van der Waals surface area contributed by atoms with E-state index in [1.165, 1.54) is 0 Å².